The molecule has 1 aromatic carbocycles. The number of rotatable bonds is 7. The average molecular weight is 406 g/mol. The molecule has 2 atom stereocenters. The summed E-state index contributed by atoms with van der Waals surface area (Å²) >= 11 is 0. The van der Waals surface area contributed by atoms with E-state index in [2.05, 4.69) is 11.6 Å². The molecule has 9 heteroatoms. The fourth-order valence-electron chi connectivity index (χ4n) is 3.07. The van der Waals surface area contributed by atoms with Gasteiger partial charge >= 0.3 is 0 Å². The normalized spacial score (nSPS) is 20.5. The Bertz CT molecular complexity index is 699. The first-order valence-corrected chi connectivity index (χ1v) is 9.97. The van der Waals surface area contributed by atoms with E-state index >= 15 is 0 Å². The van der Waals surface area contributed by atoms with Crippen LogP contribution in [0.5, 0.6) is 0 Å². The van der Waals surface area contributed by atoms with Crippen LogP contribution in [-0.2, 0) is 14.8 Å². The van der Waals surface area contributed by atoms with E-state index in [9.17, 15) is 13.2 Å². The van der Waals surface area contributed by atoms with Crippen LogP contribution >= 0.6 is 12.4 Å². The molecule has 1 aliphatic heterocycles. The maximum Gasteiger partial charge on any atom is 0.254 e. The van der Waals surface area contributed by atoms with Crippen molar-refractivity contribution < 1.29 is 17.9 Å². The number of hydrogen-bond donors (Lipinski definition) is 2. The third kappa shape index (κ3) is 5.65. The number of nitrogens with two attached hydrogens (primary N) is 1. The lowest BCUT2D eigenvalue weighted by molar-refractivity contribution is 0.0573. The predicted octanol–water partition coefficient (Wildman–Crippen LogP) is 1.23. The van der Waals surface area contributed by atoms with Gasteiger partial charge in [-0.3, -0.25) is 4.79 Å². The Hall–Kier alpha value is -1.19. The van der Waals surface area contributed by atoms with Crippen LogP contribution in [0.2, 0.25) is 0 Å². The summed E-state index contributed by atoms with van der Waals surface area (Å²) in [6.45, 7) is 3.67. The summed E-state index contributed by atoms with van der Waals surface area (Å²) in [6, 6.07) is 6.12. The zero-order chi connectivity index (χ0) is 18.4. The highest BCUT2D eigenvalue weighted by Crippen LogP contribution is 2.24. The number of halogens is 1. The second-order valence-electron chi connectivity index (χ2n) is 6.44. The molecule has 0 bridgehead atoms. The van der Waals surface area contributed by atoms with Gasteiger partial charge in [-0.15, -0.1) is 12.4 Å². The number of likely N-dealkylation sites (tertiary alicyclic amines) is 1. The van der Waals surface area contributed by atoms with E-state index in [1.54, 1.807) is 17.0 Å². The molecule has 7 nitrogen and oxygen atoms in total. The molecule has 0 aromatic heterocycles. The van der Waals surface area contributed by atoms with Crippen LogP contribution in [-0.4, -0.2) is 58.6 Å². The molecule has 0 spiro atoms. The molecule has 1 aliphatic rings. The van der Waals surface area contributed by atoms with Crippen LogP contribution in [0.1, 0.15) is 30.1 Å². The fraction of sp³-hybridized carbons (Fsp3) is 0.588. The van der Waals surface area contributed by atoms with Crippen LogP contribution in [0.4, 0.5) is 0 Å². The van der Waals surface area contributed by atoms with Crippen molar-refractivity contribution in [1.29, 1.82) is 0 Å². The highest BCUT2D eigenvalue weighted by Gasteiger charge is 2.30. The number of nitrogens with one attached hydrogen (secondary N) is 1. The number of sulfonamides is 1. The molecule has 3 N–H and O–H groups in total. The number of carbonyl (C=O) groups excluding carboxylic acids is 1. The number of methoxy groups -OCH3 is 1. The second kappa shape index (κ2) is 10.2. The van der Waals surface area contributed by atoms with Crippen LogP contribution in [0.15, 0.2) is 29.2 Å². The lowest BCUT2D eigenvalue weighted by Gasteiger charge is -2.38. The third-order valence-corrected chi connectivity index (χ3v) is 5.96. The smallest absolute Gasteiger partial charge is 0.254 e. The van der Waals surface area contributed by atoms with Crippen LogP contribution in [0, 0.1) is 5.92 Å². The van der Waals surface area contributed by atoms with Gasteiger partial charge in [-0.2, -0.15) is 0 Å². The van der Waals surface area contributed by atoms with Gasteiger partial charge in [-0.1, -0.05) is 13.0 Å². The molecule has 1 aromatic rings. The first-order chi connectivity index (χ1) is 11.9. The summed E-state index contributed by atoms with van der Waals surface area (Å²) < 4.78 is 31.9. The fourth-order valence-corrected chi connectivity index (χ4v) is 4.12. The van der Waals surface area contributed by atoms with Crippen molar-refractivity contribution in [2.45, 2.75) is 30.7 Å². The van der Waals surface area contributed by atoms with Gasteiger partial charge in [0, 0.05) is 38.3 Å². The maximum atomic E-state index is 12.9. The van der Waals surface area contributed by atoms with Crippen LogP contribution < -0.4 is 10.5 Å². The largest absolute Gasteiger partial charge is 0.383 e. The summed E-state index contributed by atoms with van der Waals surface area (Å²) in [5, 5.41) is 0. The minimum atomic E-state index is -3.67. The number of ether oxygens (including phenoxy) is 1. The second-order valence-corrected chi connectivity index (χ2v) is 8.20. The van der Waals surface area contributed by atoms with Crippen molar-refractivity contribution >= 4 is 28.3 Å². The molecule has 1 fully saturated rings. The molecule has 2 unspecified atom stereocenters. The number of hydrogen-bond acceptors (Lipinski definition) is 5. The van der Waals surface area contributed by atoms with E-state index in [1.165, 1.54) is 19.2 Å². The van der Waals surface area contributed by atoms with Crippen molar-refractivity contribution in [3.63, 3.8) is 0 Å². The summed E-state index contributed by atoms with van der Waals surface area (Å²) in [5.41, 5.74) is 6.19. The predicted molar refractivity (Wildman–Crippen MR) is 103 cm³/mol. The van der Waals surface area contributed by atoms with Crippen LogP contribution in [0.25, 0.3) is 0 Å². The van der Waals surface area contributed by atoms with Crippen molar-refractivity contribution in [2.75, 3.05) is 33.4 Å². The van der Waals surface area contributed by atoms with E-state index in [4.69, 9.17) is 10.5 Å². The molecule has 0 radical (unpaired) electrons. The summed E-state index contributed by atoms with van der Waals surface area (Å²) in [6.07, 6.45) is 1.80. The molecule has 1 amide bonds. The molecule has 26 heavy (non-hydrogen) atoms. The van der Waals surface area contributed by atoms with Gasteiger partial charge in [0.05, 0.1) is 11.5 Å². The minimum Gasteiger partial charge on any atom is -0.383 e. The lowest BCUT2D eigenvalue weighted by atomic mass is 9.92. The molecular weight excluding hydrogens is 378 g/mol. The van der Waals surface area contributed by atoms with Gasteiger partial charge < -0.3 is 15.4 Å². The van der Waals surface area contributed by atoms with Crippen LogP contribution in [0.3, 0.4) is 0 Å². The minimum absolute atomic E-state index is 0. The van der Waals surface area contributed by atoms with Gasteiger partial charge in [-0.25, -0.2) is 13.1 Å². The van der Waals surface area contributed by atoms with Gasteiger partial charge in [0.25, 0.3) is 5.91 Å². The Kier molecular flexibility index (Phi) is 8.99. The van der Waals surface area contributed by atoms with E-state index in [0.29, 0.717) is 24.6 Å². The topological polar surface area (TPSA) is 102 Å². The van der Waals surface area contributed by atoms with E-state index in [-0.39, 0.29) is 42.4 Å². The van der Waals surface area contributed by atoms with Gasteiger partial charge in [-0.05, 0) is 37.0 Å². The van der Waals surface area contributed by atoms with E-state index in [0.717, 1.165) is 12.8 Å². The Morgan fingerprint density at radius 1 is 1.42 bits per heavy atom. The monoisotopic (exact) mass is 405 g/mol. The number of piperidine rings is 1. The van der Waals surface area contributed by atoms with Gasteiger partial charge in [0.15, 0.2) is 0 Å². The van der Waals surface area contributed by atoms with Crippen molar-refractivity contribution in [1.82, 2.24) is 9.62 Å². The molecule has 148 valence electrons. The Morgan fingerprint density at radius 2 is 2.15 bits per heavy atom. The lowest BCUT2D eigenvalue weighted by Crippen LogP contribution is -2.49. The highest BCUT2D eigenvalue weighted by atomic mass is 35.5. The van der Waals surface area contributed by atoms with Gasteiger partial charge in [0.2, 0.25) is 10.0 Å². The Labute approximate surface area is 161 Å². The SMILES string of the molecule is COCCNS(=O)(=O)c1cccc(C(=O)N2CCC(C)CC2CN)c1.Cl. The molecule has 1 saturated heterocycles. The first kappa shape index (κ1) is 22.9. The maximum absolute atomic E-state index is 12.9. The third-order valence-electron chi connectivity index (χ3n) is 4.50. The molecule has 0 saturated carbocycles. The number of benzene rings is 1. The molecule has 1 heterocycles. The zero-order valence-corrected chi connectivity index (χ0v) is 16.8. The number of nitrogens with zero attached hydrogens (tertiary/aromatic N) is 1. The number of amides is 1. The Balaban J connectivity index is 0.00000338. The van der Waals surface area contributed by atoms with Crippen molar-refractivity contribution in [2.24, 2.45) is 11.7 Å². The standard InChI is InChI=1S/C17H27N3O4S.ClH/c1-13-6-8-20(15(10-13)12-18)17(21)14-4-3-5-16(11-14)25(22,23)19-7-9-24-2;/h3-5,11,13,15,19H,6-10,12,18H2,1-2H3;1H. The molecular formula is C17H28ClN3O4S. The van der Waals surface area contributed by atoms with Crippen molar-refractivity contribution in [3.8, 4) is 0 Å². The Morgan fingerprint density at radius 3 is 2.81 bits per heavy atom. The first-order valence-electron chi connectivity index (χ1n) is 8.48. The highest BCUT2D eigenvalue weighted by molar-refractivity contribution is 7.89. The van der Waals surface area contributed by atoms with Gasteiger partial charge in [0.1, 0.15) is 0 Å². The zero-order valence-electron chi connectivity index (χ0n) is 15.2. The van der Waals surface area contributed by atoms with E-state index < -0.39 is 10.0 Å². The molecule has 0 aliphatic carbocycles. The summed E-state index contributed by atoms with van der Waals surface area (Å²) in [4.78, 5) is 14.7. The molecule has 2 rings (SSSR count). The number of carbonyl (C=O) groups is 1. The quantitative estimate of drug-likeness (QED) is 0.664. The summed E-state index contributed by atoms with van der Waals surface area (Å²) in [5.74, 6) is 0.366. The average Bonchev–Trinajstić information content (AvgIpc) is 2.61. The van der Waals surface area contributed by atoms with E-state index in [1.807, 2.05) is 0 Å². The summed E-state index contributed by atoms with van der Waals surface area (Å²) in [7, 11) is -2.17. The van der Waals surface area contributed by atoms with Crippen molar-refractivity contribution in [3.05, 3.63) is 29.8 Å².